The van der Waals surface area contributed by atoms with E-state index in [0.29, 0.717) is 38.6 Å². The van der Waals surface area contributed by atoms with Crippen molar-refractivity contribution >= 4 is 58.3 Å². The Morgan fingerprint density at radius 3 is 2.14 bits per heavy atom. The van der Waals surface area contributed by atoms with E-state index in [4.69, 9.17) is 34.8 Å². The fourth-order valence-corrected chi connectivity index (χ4v) is 2.07. The molecule has 0 amide bonds. The third-order valence-corrected chi connectivity index (χ3v) is 3.54. The molecule has 9 heteroatoms. The van der Waals surface area contributed by atoms with E-state index in [0.717, 1.165) is 0 Å². The second kappa shape index (κ2) is 6.51. The highest BCUT2D eigenvalue weighted by molar-refractivity contribution is 6.44. The summed E-state index contributed by atoms with van der Waals surface area (Å²) in [5.74, 6) is 1.29. The molecule has 0 radical (unpaired) electrons. The average molecular weight is 348 g/mol. The Hall–Kier alpha value is -1.50. The van der Waals surface area contributed by atoms with Gasteiger partial charge in [0.2, 0.25) is 17.8 Å². The zero-order chi connectivity index (χ0) is 15.6. The zero-order valence-electron chi connectivity index (χ0n) is 11.6. The predicted octanol–water partition coefficient (Wildman–Crippen LogP) is 3.68. The van der Waals surface area contributed by atoms with Gasteiger partial charge in [-0.15, -0.1) is 0 Å². The second-order valence-electron chi connectivity index (χ2n) is 4.30. The number of benzene rings is 1. The first-order valence-corrected chi connectivity index (χ1v) is 7.07. The number of halogens is 3. The molecule has 0 aliphatic rings. The topological polar surface area (TPSA) is 66.0 Å². The molecule has 2 N–H and O–H groups in total. The maximum atomic E-state index is 6.12. The van der Waals surface area contributed by atoms with Crippen molar-refractivity contribution in [2.45, 2.75) is 0 Å². The first-order valence-electron chi connectivity index (χ1n) is 5.93. The quantitative estimate of drug-likeness (QED) is 0.822. The SMILES string of the molecule is CNc1nc(Nc2cc(Cl)c(Cl)cc2Cl)nc(N(C)C)n1. The first kappa shape index (κ1) is 15.9. The Balaban J connectivity index is 2.39. The molecule has 0 aliphatic carbocycles. The number of hydrogen-bond acceptors (Lipinski definition) is 6. The van der Waals surface area contributed by atoms with Gasteiger partial charge in [0.1, 0.15) is 0 Å². The van der Waals surface area contributed by atoms with Crippen LogP contribution in [0.2, 0.25) is 15.1 Å². The molecule has 1 aromatic heterocycles. The number of anilines is 4. The van der Waals surface area contributed by atoms with Crippen molar-refractivity contribution in [2.75, 3.05) is 36.7 Å². The first-order chi connectivity index (χ1) is 9.90. The lowest BCUT2D eigenvalue weighted by Crippen LogP contribution is -2.15. The highest BCUT2D eigenvalue weighted by Crippen LogP contribution is 2.33. The van der Waals surface area contributed by atoms with Crippen LogP contribution >= 0.6 is 34.8 Å². The maximum Gasteiger partial charge on any atom is 0.233 e. The van der Waals surface area contributed by atoms with Crippen LogP contribution in [0, 0.1) is 0 Å². The summed E-state index contributed by atoms with van der Waals surface area (Å²) in [6, 6.07) is 3.17. The minimum atomic E-state index is 0.346. The number of rotatable bonds is 4. The summed E-state index contributed by atoms with van der Waals surface area (Å²) in [4.78, 5) is 14.5. The van der Waals surface area contributed by atoms with Gasteiger partial charge >= 0.3 is 0 Å². The van der Waals surface area contributed by atoms with E-state index >= 15 is 0 Å². The largest absolute Gasteiger partial charge is 0.357 e. The number of hydrogen-bond donors (Lipinski definition) is 2. The number of nitrogens with one attached hydrogen (secondary N) is 2. The lowest BCUT2D eigenvalue weighted by atomic mass is 10.3. The standard InChI is InChI=1S/C12H13Cl3N6/c1-16-10-18-11(20-12(19-10)21(2)3)17-9-5-7(14)6(13)4-8(9)15/h4-5H,1-3H3,(H2,16,17,18,19,20). The fraction of sp³-hybridized carbons (Fsp3) is 0.250. The molecule has 0 unspecified atom stereocenters. The van der Waals surface area contributed by atoms with Crippen molar-refractivity contribution < 1.29 is 0 Å². The molecule has 0 spiro atoms. The summed E-state index contributed by atoms with van der Waals surface area (Å²) >= 11 is 18.0. The predicted molar refractivity (Wildman–Crippen MR) is 88.5 cm³/mol. The molecule has 21 heavy (non-hydrogen) atoms. The Morgan fingerprint density at radius 2 is 1.52 bits per heavy atom. The van der Waals surface area contributed by atoms with Gasteiger partial charge in [-0.05, 0) is 12.1 Å². The van der Waals surface area contributed by atoms with E-state index in [2.05, 4.69) is 25.6 Å². The Kier molecular flexibility index (Phi) is 4.92. The number of nitrogens with zero attached hydrogens (tertiary/aromatic N) is 4. The van der Waals surface area contributed by atoms with Crippen LogP contribution in [0.25, 0.3) is 0 Å². The fourth-order valence-electron chi connectivity index (χ4n) is 1.47. The summed E-state index contributed by atoms with van der Waals surface area (Å²) in [6.07, 6.45) is 0. The van der Waals surface area contributed by atoms with Gasteiger partial charge < -0.3 is 15.5 Å². The van der Waals surface area contributed by atoms with Crippen molar-refractivity contribution in [1.29, 1.82) is 0 Å². The average Bonchev–Trinajstić information content (AvgIpc) is 2.44. The molecule has 0 atom stereocenters. The molecule has 0 bridgehead atoms. The normalized spacial score (nSPS) is 10.4. The molecular weight excluding hydrogens is 335 g/mol. The third kappa shape index (κ3) is 3.78. The van der Waals surface area contributed by atoms with E-state index < -0.39 is 0 Å². The molecule has 0 aliphatic heterocycles. The van der Waals surface area contributed by atoms with Crippen LogP contribution in [0.4, 0.5) is 23.5 Å². The van der Waals surface area contributed by atoms with Crippen molar-refractivity contribution in [3.8, 4) is 0 Å². The van der Waals surface area contributed by atoms with E-state index in [1.807, 2.05) is 14.1 Å². The number of aromatic nitrogens is 3. The molecular formula is C12H13Cl3N6. The van der Waals surface area contributed by atoms with Crippen LogP contribution in [0.15, 0.2) is 12.1 Å². The van der Waals surface area contributed by atoms with Crippen LogP contribution in [0.5, 0.6) is 0 Å². The van der Waals surface area contributed by atoms with Gasteiger partial charge in [0, 0.05) is 21.1 Å². The third-order valence-electron chi connectivity index (χ3n) is 2.50. The van der Waals surface area contributed by atoms with Crippen molar-refractivity contribution in [3.63, 3.8) is 0 Å². The van der Waals surface area contributed by atoms with Gasteiger partial charge in [0.25, 0.3) is 0 Å². The van der Waals surface area contributed by atoms with Gasteiger partial charge in [-0.3, -0.25) is 0 Å². The highest BCUT2D eigenvalue weighted by Gasteiger charge is 2.11. The van der Waals surface area contributed by atoms with Crippen molar-refractivity contribution in [3.05, 3.63) is 27.2 Å². The van der Waals surface area contributed by atoms with Crippen LogP contribution in [0.1, 0.15) is 0 Å². The van der Waals surface area contributed by atoms with Crippen LogP contribution < -0.4 is 15.5 Å². The van der Waals surface area contributed by atoms with Gasteiger partial charge in [0.15, 0.2) is 0 Å². The second-order valence-corrected chi connectivity index (χ2v) is 5.52. The van der Waals surface area contributed by atoms with Gasteiger partial charge in [0.05, 0.1) is 20.8 Å². The minimum absolute atomic E-state index is 0.346. The summed E-state index contributed by atoms with van der Waals surface area (Å²) in [5.41, 5.74) is 0.559. The lowest BCUT2D eigenvalue weighted by molar-refractivity contribution is 0.963. The van der Waals surface area contributed by atoms with Crippen molar-refractivity contribution in [1.82, 2.24) is 15.0 Å². The van der Waals surface area contributed by atoms with Crippen LogP contribution in [-0.2, 0) is 0 Å². The lowest BCUT2D eigenvalue weighted by Gasteiger charge is -2.14. The Labute approximate surface area is 137 Å². The summed E-state index contributed by atoms with van der Waals surface area (Å²) in [6.45, 7) is 0. The molecule has 1 aromatic carbocycles. The minimum Gasteiger partial charge on any atom is -0.357 e. The van der Waals surface area contributed by atoms with Gasteiger partial charge in [-0.1, -0.05) is 34.8 Å². The molecule has 6 nitrogen and oxygen atoms in total. The summed E-state index contributed by atoms with van der Waals surface area (Å²) in [7, 11) is 5.40. The van der Waals surface area contributed by atoms with E-state index in [1.165, 1.54) is 0 Å². The Bertz CT molecular complexity index is 662. The molecule has 0 saturated heterocycles. The van der Waals surface area contributed by atoms with Crippen LogP contribution in [-0.4, -0.2) is 36.1 Å². The van der Waals surface area contributed by atoms with E-state index in [9.17, 15) is 0 Å². The molecule has 2 rings (SSSR count). The summed E-state index contributed by atoms with van der Waals surface area (Å²) < 4.78 is 0. The van der Waals surface area contributed by atoms with E-state index in [-0.39, 0.29) is 0 Å². The molecule has 112 valence electrons. The maximum absolute atomic E-state index is 6.12. The molecule has 0 saturated carbocycles. The highest BCUT2D eigenvalue weighted by atomic mass is 35.5. The zero-order valence-corrected chi connectivity index (χ0v) is 13.8. The summed E-state index contributed by atoms with van der Waals surface area (Å²) in [5, 5.41) is 7.07. The Morgan fingerprint density at radius 1 is 0.905 bits per heavy atom. The molecule has 1 heterocycles. The monoisotopic (exact) mass is 346 g/mol. The molecule has 0 fully saturated rings. The van der Waals surface area contributed by atoms with Gasteiger partial charge in [-0.25, -0.2) is 0 Å². The smallest absolute Gasteiger partial charge is 0.233 e. The van der Waals surface area contributed by atoms with Gasteiger partial charge in [-0.2, -0.15) is 15.0 Å². The molecule has 2 aromatic rings. The van der Waals surface area contributed by atoms with Crippen LogP contribution in [0.3, 0.4) is 0 Å². The van der Waals surface area contributed by atoms with Crippen molar-refractivity contribution in [2.24, 2.45) is 0 Å². The van der Waals surface area contributed by atoms with E-state index in [1.54, 1.807) is 24.1 Å².